The van der Waals surface area contributed by atoms with Crippen molar-refractivity contribution in [3.05, 3.63) is 70.8 Å². The van der Waals surface area contributed by atoms with Crippen LogP contribution in [-0.2, 0) is 0 Å². The zero-order valence-corrected chi connectivity index (χ0v) is 17.0. The molecule has 146 valence electrons. The molecule has 0 saturated carbocycles. The predicted octanol–water partition coefficient (Wildman–Crippen LogP) is 5.33. The Balaban J connectivity index is 1.61. The summed E-state index contributed by atoms with van der Waals surface area (Å²) in [6.45, 7) is 6.04. The molecule has 0 amide bonds. The number of halogens is 1. The van der Waals surface area contributed by atoms with Gasteiger partial charge in [0.2, 0.25) is 5.95 Å². The normalized spacial score (nSPS) is 10.8. The fraction of sp³-hybridized carbons (Fsp3) is 0.143. The second-order valence-corrected chi connectivity index (χ2v) is 7.21. The lowest BCUT2D eigenvalue weighted by molar-refractivity contribution is 1.05. The molecule has 0 spiro atoms. The van der Waals surface area contributed by atoms with Crippen molar-refractivity contribution in [1.82, 2.24) is 25.1 Å². The van der Waals surface area contributed by atoms with Crippen molar-refractivity contribution in [3.63, 3.8) is 0 Å². The lowest BCUT2D eigenvalue weighted by Gasteiger charge is -2.14. The maximum atomic E-state index is 6.24. The summed E-state index contributed by atoms with van der Waals surface area (Å²) in [6.07, 6.45) is 5.20. The van der Waals surface area contributed by atoms with Crippen LogP contribution >= 0.6 is 11.6 Å². The summed E-state index contributed by atoms with van der Waals surface area (Å²) in [4.78, 5) is 13.0. The Morgan fingerprint density at radius 1 is 1.00 bits per heavy atom. The number of nitrogens with one attached hydrogen (secondary N) is 3. The summed E-state index contributed by atoms with van der Waals surface area (Å²) in [7, 11) is 0. The van der Waals surface area contributed by atoms with Crippen LogP contribution in [0.15, 0.2) is 48.9 Å². The van der Waals surface area contributed by atoms with Gasteiger partial charge in [0.25, 0.3) is 0 Å². The molecule has 3 N–H and O–H groups in total. The summed E-state index contributed by atoms with van der Waals surface area (Å²) in [5.74, 6) is 1.57. The largest absolute Gasteiger partial charge is 0.324 e. The lowest BCUT2D eigenvalue weighted by atomic mass is 9.98. The Labute approximate surface area is 173 Å². The van der Waals surface area contributed by atoms with Crippen LogP contribution < -0.4 is 10.6 Å². The molecule has 0 atom stereocenters. The van der Waals surface area contributed by atoms with Gasteiger partial charge >= 0.3 is 0 Å². The molecule has 8 heteroatoms. The number of aryl methyl sites for hydroxylation is 3. The third-order valence-electron chi connectivity index (χ3n) is 4.49. The van der Waals surface area contributed by atoms with E-state index >= 15 is 0 Å². The highest BCUT2D eigenvalue weighted by molar-refractivity contribution is 6.32. The van der Waals surface area contributed by atoms with Gasteiger partial charge in [-0.2, -0.15) is 10.1 Å². The molecule has 0 saturated heterocycles. The van der Waals surface area contributed by atoms with Crippen LogP contribution in [0.25, 0.3) is 11.1 Å². The van der Waals surface area contributed by atoms with Gasteiger partial charge in [-0.05, 0) is 55.7 Å². The fourth-order valence-corrected chi connectivity index (χ4v) is 3.16. The highest BCUT2D eigenvalue weighted by Crippen LogP contribution is 2.30. The number of aromatic amines is 1. The van der Waals surface area contributed by atoms with E-state index in [1.807, 2.05) is 32.2 Å². The van der Waals surface area contributed by atoms with Crippen molar-refractivity contribution in [3.8, 4) is 11.1 Å². The van der Waals surface area contributed by atoms with Gasteiger partial charge in [-0.25, -0.2) is 4.98 Å². The SMILES string of the molecule is Cc1cc(Nc2nc(Nc3cc(C)c(-c4cccnc4)cc3C)ncc2Cl)n[nH]1. The Bertz CT molecular complexity index is 1160. The topological polar surface area (TPSA) is 91.4 Å². The lowest BCUT2D eigenvalue weighted by Crippen LogP contribution is -2.03. The molecule has 0 bridgehead atoms. The van der Waals surface area contributed by atoms with E-state index in [4.69, 9.17) is 11.6 Å². The van der Waals surface area contributed by atoms with Crippen molar-refractivity contribution >= 4 is 34.9 Å². The molecule has 7 nitrogen and oxygen atoms in total. The van der Waals surface area contributed by atoms with Gasteiger partial charge in [0.1, 0.15) is 5.02 Å². The third-order valence-corrected chi connectivity index (χ3v) is 4.76. The van der Waals surface area contributed by atoms with Crippen LogP contribution in [0, 0.1) is 20.8 Å². The van der Waals surface area contributed by atoms with Crippen molar-refractivity contribution in [2.24, 2.45) is 0 Å². The Kier molecular flexibility index (Phi) is 5.14. The van der Waals surface area contributed by atoms with E-state index in [9.17, 15) is 0 Å². The van der Waals surface area contributed by atoms with Crippen molar-refractivity contribution in [2.45, 2.75) is 20.8 Å². The predicted molar refractivity (Wildman–Crippen MR) is 116 cm³/mol. The number of aromatic nitrogens is 5. The molecule has 0 aliphatic rings. The van der Waals surface area contributed by atoms with Gasteiger partial charge < -0.3 is 10.6 Å². The molecule has 29 heavy (non-hydrogen) atoms. The summed E-state index contributed by atoms with van der Waals surface area (Å²) < 4.78 is 0. The molecule has 0 aliphatic heterocycles. The van der Waals surface area contributed by atoms with E-state index in [-0.39, 0.29) is 0 Å². The zero-order chi connectivity index (χ0) is 20.4. The van der Waals surface area contributed by atoms with E-state index in [1.54, 1.807) is 12.4 Å². The zero-order valence-electron chi connectivity index (χ0n) is 16.3. The monoisotopic (exact) mass is 405 g/mol. The number of hydrogen-bond donors (Lipinski definition) is 3. The molecular formula is C21H20ClN7. The second kappa shape index (κ2) is 7.89. The van der Waals surface area contributed by atoms with E-state index < -0.39 is 0 Å². The first-order valence-corrected chi connectivity index (χ1v) is 9.47. The van der Waals surface area contributed by atoms with Crippen LogP contribution in [0.4, 0.5) is 23.3 Å². The van der Waals surface area contributed by atoms with Crippen LogP contribution in [0.5, 0.6) is 0 Å². The average Bonchev–Trinajstić information content (AvgIpc) is 3.12. The quantitative estimate of drug-likeness (QED) is 0.415. The van der Waals surface area contributed by atoms with Crippen molar-refractivity contribution < 1.29 is 0 Å². The molecule has 0 aliphatic carbocycles. The highest BCUT2D eigenvalue weighted by Gasteiger charge is 2.11. The van der Waals surface area contributed by atoms with Gasteiger partial charge in [-0.15, -0.1) is 0 Å². The second-order valence-electron chi connectivity index (χ2n) is 6.80. The maximum absolute atomic E-state index is 6.24. The Hall–Kier alpha value is -3.45. The maximum Gasteiger partial charge on any atom is 0.229 e. The fourth-order valence-electron chi connectivity index (χ4n) is 3.02. The van der Waals surface area contributed by atoms with Gasteiger partial charge in [-0.1, -0.05) is 17.7 Å². The number of pyridine rings is 1. The summed E-state index contributed by atoms with van der Waals surface area (Å²) in [5.41, 5.74) is 6.31. The van der Waals surface area contributed by atoms with Crippen molar-refractivity contribution in [2.75, 3.05) is 10.6 Å². The Morgan fingerprint density at radius 3 is 2.59 bits per heavy atom. The number of benzene rings is 1. The molecule has 3 heterocycles. The minimum atomic E-state index is 0.413. The minimum Gasteiger partial charge on any atom is -0.324 e. The number of hydrogen-bond acceptors (Lipinski definition) is 6. The summed E-state index contributed by atoms with van der Waals surface area (Å²) in [5, 5.41) is 13.8. The van der Waals surface area contributed by atoms with Gasteiger partial charge in [0.15, 0.2) is 11.6 Å². The highest BCUT2D eigenvalue weighted by atomic mass is 35.5. The number of rotatable bonds is 5. The summed E-state index contributed by atoms with van der Waals surface area (Å²) >= 11 is 6.24. The van der Waals surface area contributed by atoms with E-state index in [1.165, 1.54) is 0 Å². The minimum absolute atomic E-state index is 0.413. The van der Waals surface area contributed by atoms with E-state index in [0.29, 0.717) is 22.6 Å². The van der Waals surface area contributed by atoms with Crippen LogP contribution in [0.1, 0.15) is 16.8 Å². The Morgan fingerprint density at radius 2 is 1.86 bits per heavy atom. The number of H-pyrrole nitrogens is 1. The molecule has 4 rings (SSSR count). The smallest absolute Gasteiger partial charge is 0.229 e. The van der Waals surface area contributed by atoms with Crippen LogP contribution in [0.3, 0.4) is 0 Å². The van der Waals surface area contributed by atoms with E-state index in [0.717, 1.165) is 33.6 Å². The van der Waals surface area contributed by atoms with E-state index in [2.05, 4.69) is 60.9 Å². The molecule has 0 unspecified atom stereocenters. The molecule has 1 aromatic carbocycles. The first-order chi connectivity index (χ1) is 14.0. The van der Waals surface area contributed by atoms with Crippen molar-refractivity contribution in [1.29, 1.82) is 0 Å². The standard InChI is InChI=1S/C21H20ClN7/c1-12-8-18(13(2)7-16(12)15-5-4-6-23-10-15)25-21-24-11-17(22)20(27-21)26-19-9-14(3)28-29-19/h4-11H,1-3H3,(H3,24,25,26,27,28,29). The number of anilines is 4. The molecule has 0 fully saturated rings. The molecule has 3 aromatic heterocycles. The summed E-state index contributed by atoms with van der Waals surface area (Å²) in [6, 6.07) is 10.1. The molecular weight excluding hydrogens is 386 g/mol. The van der Waals surface area contributed by atoms with Crippen LogP contribution in [0.2, 0.25) is 5.02 Å². The molecule has 0 radical (unpaired) electrons. The molecule has 4 aromatic rings. The first kappa shape index (κ1) is 18.9. The first-order valence-electron chi connectivity index (χ1n) is 9.10. The van der Waals surface area contributed by atoms with Crippen LogP contribution in [-0.4, -0.2) is 25.1 Å². The van der Waals surface area contributed by atoms with Gasteiger partial charge in [0.05, 0.1) is 6.20 Å². The van der Waals surface area contributed by atoms with Gasteiger partial charge in [-0.3, -0.25) is 10.1 Å². The van der Waals surface area contributed by atoms with Gasteiger partial charge in [0, 0.05) is 35.4 Å². The third kappa shape index (κ3) is 4.20. The average molecular weight is 406 g/mol. The number of nitrogens with zero attached hydrogens (tertiary/aromatic N) is 4.